The Labute approximate surface area is 205 Å². The molecule has 2 heteroatoms. The summed E-state index contributed by atoms with van der Waals surface area (Å²) in [6.07, 6.45) is 1.08. The molecule has 0 spiro atoms. The van der Waals surface area contributed by atoms with E-state index in [0.29, 0.717) is 17.9 Å². The van der Waals surface area contributed by atoms with Crippen molar-refractivity contribution < 1.29 is 0 Å². The lowest BCUT2D eigenvalue weighted by Gasteiger charge is -2.22. The molecule has 0 saturated carbocycles. The topological polar surface area (TPSA) is 24.1 Å². The van der Waals surface area contributed by atoms with Gasteiger partial charge in [0.15, 0.2) is 0 Å². The zero-order chi connectivity index (χ0) is 23.4. The molecule has 4 rings (SSSR count). The molecule has 0 radical (unpaired) electrons. The van der Waals surface area contributed by atoms with Gasteiger partial charge in [0.2, 0.25) is 0 Å². The molecular weight excluding hydrogens is 412 g/mol. The highest BCUT2D eigenvalue weighted by Gasteiger charge is 2.16. The first-order valence-electron chi connectivity index (χ1n) is 12.4. The summed E-state index contributed by atoms with van der Waals surface area (Å²) in [6, 6.07) is 43.7. The van der Waals surface area contributed by atoms with Crippen LogP contribution in [-0.2, 0) is 0 Å². The number of hydrogen-bond acceptors (Lipinski definition) is 2. The van der Waals surface area contributed by atoms with Crippen LogP contribution in [0.25, 0.3) is 0 Å². The first kappa shape index (κ1) is 23.9. The van der Waals surface area contributed by atoms with E-state index < -0.39 is 0 Å². The van der Waals surface area contributed by atoms with E-state index in [4.69, 9.17) is 0 Å². The summed E-state index contributed by atoms with van der Waals surface area (Å²) < 4.78 is 0. The molecule has 0 fully saturated rings. The first-order valence-corrected chi connectivity index (χ1v) is 12.4. The van der Waals surface area contributed by atoms with Crippen LogP contribution in [0.5, 0.6) is 0 Å². The first-order chi connectivity index (χ1) is 16.8. The van der Waals surface area contributed by atoms with Crippen LogP contribution in [0.15, 0.2) is 121 Å². The van der Waals surface area contributed by atoms with E-state index >= 15 is 0 Å². The highest BCUT2D eigenvalue weighted by molar-refractivity contribution is 5.33. The quantitative estimate of drug-likeness (QED) is 0.255. The van der Waals surface area contributed by atoms with Crippen LogP contribution in [0.1, 0.15) is 47.4 Å². The van der Waals surface area contributed by atoms with Gasteiger partial charge in [0.1, 0.15) is 0 Å². The summed E-state index contributed by atoms with van der Waals surface area (Å²) in [5.74, 6) is 0.769. The van der Waals surface area contributed by atoms with Crippen LogP contribution >= 0.6 is 0 Å². The zero-order valence-corrected chi connectivity index (χ0v) is 20.1. The normalized spacial score (nSPS) is 12.2. The molecule has 1 unspecified atom stereocenters. The second-order valence-electron chi connectivity index (χ2n) is 9.05. The van der Waals surface area contributed by atoms with Crippen LogP contribution < -0.4 is 10.6 Å². The average Bonchev–Trinajstić information content (AvgIpc) is 2.91. The van der Waals surface area contributed by atoms with Crippen LogP contribution in [0.3, 0.4) is 0 Å². The molecule has 0 saturated heterocycles. The van der Waals surface area contributed by atoms with Crippen molar-refractivity contribution in [3.05, 3.63) is 144 Å². The van der Waals surface area contributed by atoms with Gasteiger partial charge in [-0.15, -0.1) is 0 Å². The van der Waals surface area contributed by atoms with Crippen molar-refractivity contribution in [3.8, 4) is 0 Å². The van der Waals surface area contributed by atoms with E-state index in [9.17, 15) is 0 Å². The molecule has 0 aliphatic carbocycles. The van der Waals surface area contributed by atoms with E-state index in [-0.39, 0.29) is 0 Å². The van der Waals surface area contributed by atoms with Gasteiger partial charge >= 0.3 is 0 Å². The minimum Gasteiger partial charge on any atom is -0.314 e. The molecular formula is C32H36N2. The summed E-state index contributed by atoms with van der Waals surface area (Å²) in [5.41, 5.74) is 5.48. The second-order valence-corrected chi connectivity index (χ2v) is 9.05. The minimum atomic E-state index is 0.357. The van der Waals surface area contributed by atoms with Gasteiger partial charge in [-0.05, 0) is 42.1 Å². The highest BCUT2D eigenvalue weighted by atomic mass is 15.0. The SMILES string of the molecule is CC(CNCC(c1ccccc1)c1ccccc1)NCCC(c1ccccc1)c1ccccc1. The van der Waals surface area contributed by atoms with E-state index in [2.05, 4.69) is 139 Å². The predicted octanol–water partition coefficient (Wildman–Crippen LogP) is 6.61. The van der Waals surface area contributed by atoms with Crippen molar-refractivity contribution in [2.75, 3.05) is 19.6 Å². The number of nitrogens with one attached hydrogen (secondary N) is 2. The summed E-state index contributed by atoms with van der Waals surface area (Å²) >= 11 is 0. The standard InChI is InChI=1S/C32H36N2/c1-26(24-33-25-32(29-18-10-4-11-19-29)30-20-12-5-13-21-30)34-23-22-31(27-14-6-2-7-15-27)28-16-8-3-9-17-28/h2-21,26,31-34H,22-25H2,1H3. The van der Waals surface area contributed by atoms with Gasteiger partial charge in [-0.25, -0.2) is 0 Å². The average molecular weight is 449 g/mol. The smallest absolute Gasteiger partial charge is 0.0214 e. The molecule has 34 heavy (non-hydrogen) atoms. The molecule has 2 N–H and O–H groups in total. The van der Waals surface area contributed by atoms with Gasteiger partial charge in [0, 0.05) is 31.0 Å². The predicted molar refractivity (Wildman–Crippen MR) is 144 cm³/mol. The molecule has 4 aromatic rings. The van der Waals surface area contributed by atoms with E-state index in [1.54, 1.807) is 0 Å². The minimum absolute atomic E-state index is 0.357. The third-order valence-corrected chi connectivity index (χ3v) is 6.53. The third kappa shape index (κ3) is 6.90. The number of benzene rings is 4. The molecule has 4 aromatic carbocycles. The highest BCUT2D eigenvalue weighted by Crippen LogP contribution is 2.27. The molecule has 0 amide bonds. The lowest BCUT2D eigenvalue weighted by atomic mass is 9.88. The second kappa shape index (κ2) is 12.9. The summed E-state index contributed by atoms with van der Waals surface area (Å²) in [7, 11) is 0. The maximum Gasteiger partial charge on any atom is 0.0214 e. The molecule has 0 aliphatic heterocycles. The monoisotopic (exact) mass is 448 g/mol. The summed E-state index contributed by atoms with van der Waals surface area (Å²) in [6.45, 7) is 5.12. The van der Waals surface area contributed by atoms with Gasteiger partial charge < -0.3 is 10.6 Å². The summed E-state index contributed by atoms with van der Waals surface area (Å²) in [4.78, 5) is 0. The molecule has 0 aromatic heterocycles. The molecule has 0 aliphatic rings. The Kier molecular flexibility index (Phi) is 9.07. The fourth-order valence-electron chi connectivity index (χ4n) is 4.69. The van der Waals surface area contributed by atoms with Crippen molar-refractivity contribution in [1.82, 2.24) is 10.6 Å². The Morgan fingerprint density at radius 2 is 0.882 bits per heavy atom. The molecule has 174 valence electrons. The van der Waals surface area contributed by atoms with Crippen molar-refractivity contribution in [2.24, 2.45) is 0 Å². The molecule has 2 nitrogen and oxygen atoms in total. The van der Waals surface area contributed by atoms with E-state index in [1.807, 2.05) is 0 Å². The van der Waals surface area contributed by atoms with Crippen molar-refractivity contribution in [3.63, 3.8) is 0 Å². The van der Waals surface area contributed by atoms with Crippen LogP contribution in [-0.4, -0.2) is 25.7 Å². The molecule has 0 heterocycles. The van der Waals surface area contributed by atoms with Crippen molar-refractivity contribution >= 4 is 0 Å². The lowest BCUT2D eigenvalue weighted by molar-refractivity contribution is 0.482. The zero-order valence-electron chi connectivity index (χ0n) is 20.1. The third-order valence-electron chi connectivity index (χ3n) is 6.53. The molecule has 1 atom stereocenters. The number of rotatable bonds is 12. The van der Waals surface area contributed by atoms with Gasteiger partial charge in [-0.1, -0.05) is 121 Å². The van der Waals surface area contributed by atoms with Gasteiger partial charge in [0.25, 0.3) is 0 Å². The van der Waals surface area contributed by atoms with Crippen LogP contribution in [0, 0.1) is 0 Å². The Morgan fingerprint density at radius 1 is 0.500 bits per heavy atom. The van der Waals surface area contributed by atoms with Gasteiger partial charge in [-0.2, -0.15) is 0 Å². The maximum absolute atomic E-state index is 3.74. The molecule has 0 bridgehead atoms. The Bertz CT molecular complexity index is 897. The Balaban J connectivity index is 1.30. The van der Waals surface area contributed by atoms with Crippen LogP contribution in [0.4, 0.5) is 0 Å². The van der Waals surface area contributed by atoms with E-state index in [1.165, 1.54) is 22.3 Å². The van der Waals surface area contributed by atoms with Gasteiger partial charge in [-0.3, -0.25) is 0 Å². The van der Waals surface area contributed by atoms with E-state index in [0.717, 1.165) is 26.1 Å². The van der Waals surface area contributed by atoms with Gasteiger partial charge in [0.05, 0.1) is 0 Å². The fraction of sp³-hybridized carbons (Fsp3) is 0.250. The number of hydrogen-bond donors (Lipinski definition) is 2. The Morgan fingerprint density at radius 3 is 1.29 bits per heavy atom. The van der Waals surface area contributed by atoms with Crippen LogP contribution in [0.2, 0.25) is 0 Å². The maximum atomic E-state index is 3.74. The fourth-order valence-corrected chi connectivity index (χ4v) is 4.69. The largest absolute Gasteiger partial charge is 0.314 e. The van der Waals surface area contributed by atoms with Crippen molar-refractivity contribution in [2.45, 2.75) is 31.2 Å². The summed E-state index contributed by atoms with van der Waals surface area (Å²) in [5, 5.41) is 7.46. The lowest BCUT2D eigenvalue weighted by Crippen LogP contribution is -2.38. The Hall–Kier alpha value is -3.20. The van der Waals surface area contributed by atoms with Crippen molar-refractivity contribution in [1.29, 1.82) is 0 Å².